The number of nitrogens with zero attached hydrogens (tertiary/aromatic N) is 1. The molecular formula is C11H11F4N3O2. The number of rotatable bonds is 5. The van der Waals surface area contributed by atoms with Crippen LogP contribution in [0.15, 0.2) is 29.4 Å². The van der Waals surface area contributed by atoms with E-state index in [1.165, 1.54) is 24.3 Å². The van der Waals surface area contributed by atoms with Gasteiger partial charge in [0, 0.05) is 11.1 Å². The van der Waals surface area contributed by atoms with Crippen molar-refractivity contribution in [3.05, 3.63) is 35.4 Å². The fraction of sp³-hybridized carbons (Fsp3) is 0.273. The Bertz CT molecular complexity index is 503. The molecule has 1 aromatic carbocycles. The zero-order chi connectivity index (χ0) is 15.3. The molecule has 0 aliphatic rings. The van der Waals surface area contributed by atoms with Crippen molar-refractivity contribution < 1.29 is 27.6 Å². The molecule has 1 aromatic rings. The Balaban J connectivity index is 2.70. The van der Waals surface area contributed by atoms with Crippen LogP contribution >= 0.6 is 0 Å². The largest absolute Gasteiger partial charge is 0.409 e. The maximum atomic E-state index is 12.6. The number of nitrogens with one attached hydrogen (secondary N) is 1. The van der Waals surface area contributed by atoms with Gasteiger partial charge in [-0.05, 0) is 12.1 Å². The lowest BCUT2D eigenvalue weighted by molar-refractivity contribution is -0.123. The Kier molecular flexibility index (Phi) is 4.89. The maximum Gasteiger partial charge on any atom is 0.324 e. The standard InChI is InChI=1S/C11H11F4N3O2/c12-10(13)11(14,15)5-17-9(19)7-3-1-6(2-4-7)8(16)18-20/h1-4,10,20H,5H2,(H2,16,18)(H,17,19). The molecule has 0 aliphatic carbocycles. The Morgan fingerprint density at radius 2 is 1.80 bits per heavy atom. The topological polar surface area (TPSA) is 87.7 Å². The van der Waals surface area contributed by atoms with E-state index in [1.54, 1.807) is 5.32 Å². The summed E-state index contributed by atoms with van der Waals surface area (Å²) >= 11 is 0. The predicted molar refractivity (Wildman–Crippen MR) is 62.2 cm³/mol. The van der Waals surface area contributed by atoms with E-state index < -0.39 is 24.8 Å². The summed E-state index contributed by atoms with van der Waals surface area (Å²) in [4.78, 5) is 11.5. The number of hydrogen-bond acceptors (Lipinski definition) is 3. The second-order valence-corrected chi connectivity index (χ2v) is 3.81. The molecule has 20 heavy (non-hydrogen) atoms. The molecule has 0 fully saturated rings. The third-order valence-electron chi connectivity index (χ3n) is 2.35. The molecule has 0 unspecified atom stereocenters. The van der Waals surface area contributed by atoms with Crippen LogP contribution in [0.4, 0.5) is 17.6 Å². The molecule has 0 heterocycles. The zero-order valence-electron chi connectivity index (χ0n) is 9.99. The normalized spacial score (nSPS) is 12.6. The quantitative estimate of drug-likeness (QED) is 0.252. The van der Waals surface area contributed by atoms with E-state index in [0.29, 0.717) is 5.56 Å². The highest BCUT2D eigenvalue weighted by Crippen LogP contribution is 2.21. The molecule has 5 nitrogen and oxygen atoms in total. The van der Waals surface area contributed by atoms with Crippen LogP contribution in [0.2, 0.25) is 0 Å². The number of amides is 1. The summed E-state index contributed by atoms with van der Waals surface area (Å²) in [6.45, 7) is -1.47. The smallest absolute Gasteiger partial charge is 0.324 e. The molecule has 0 spiro atoms. The Morgan fingerprint density at radius 1 is 1.30 bits per heavy atom. The lowest BCUT2D eigenvalue weighted by atomic mass is 10.1. The lowest BCUT2D eigenvalue weighted by Gasteiger charge is -2.15. The van der Waals surface area contributed by atoms with Crippen LogP contribution in [0.3, 0.4) is 0 Å². The van der Waals surface area contributed by atoms with Crippen molar-refractivity contribution in [2.45, 2.75) is 12.3 Å². The van der Waals surface area contributed by atoms with E-state index in [9.17, 15) is 22.4 Å². The van der Waals surface area contributed by atoms with Gasteiger partial charge in [-0.25, -0.2) is 8.78 Å². The molecule has 0 radical (unpaired) electrons. The summed E-state index contributed by atoms with van der Waals surface area (Å²) in [6, 6.07) is 5.08. The molecule has 9 heteroatoms. The van der Waals surface area contributed by atoms with Gasteiger partial charge < -0.3 is 16.3 Å². The zero-order valence-corrected chi connectivity index (χ0v) is 9.99. The molecule has 1 amide bonds. The second-order valence-electron chi connectivity index (χ2n) is 3.81. The molecule has 110 valence electrons. The minimum absolute atomic E-state index is 0.0236. The van der Waals surface area contributed by atoms with E-state index in [4.69, 9.17) is 10.9 Å². The Hall–Kier alpha value is -2.32. The van der Waals surface area contributed by atoms with Gasteiger partial charge in [0.25, 0.3) is 5.91 Å². The molecule has 4 N–H and O–H groups in total. The number of nitrogens with two attached hydrogens (primary N) is 1. The minimum Gasteiger partial charge on any atom is -0.409 e. The van der Waals surface area contributed by atoms with Crippen LogP contribution in [0.1, 0.15) is 15.9 Å². The van der Waals surface area contributed by atoms with E-state index in [1.807, 2.05) is 0 Å². The van der Waals surface area contributed by atoms with E-state index in [0.717, 1.165) is 0 Å². The summed E-state index contributed by atoms with van der Waals surface area (Å²) < 4.78 is 49.0. The summed E-state index contributed by atoms with van der Waals surface area (Å²) in [7, 11) is 0. The third kappa shape index (κ3) is 3.84. The molecule has 0 saturated heterocycles. The van der Waals surface area contributed by atoms with E-state index in [-0.39, 0.29) is 11.4 Å². The first-order valence-corrected chi connectivity index (χ1v) is 5.30. The van der Waals surface area contributed by atoms with Crippen molar-refractivity contribution in [1.82, 2.24) is 5.32 Å². The Labute approximate surface area is 111 Å². The molecule has 0 atom stereocenters. The van der Waals surface area contributed by atoms with Gasteiger partial charge in [0.15, 0.2) is 5.84 Å². The van der Waals surface area contributed by atoms with Gasteiger partial charge >= 0.3 is 12.3 Å². The number of carbonyl (C=O) groups is 1. The van der Waals surface area contributed by atoms with Crippen LogP contribution in [0.5, 0.6) is 0 Å². The fourth-order valence-corrected chi connectivity index (χ4v) is 1.23. The summed E-state index contributed by atoms with van der Waals surface area (Å²) in [6.07, 6.45) is -3.86. The number of alkyl halides is 4. The van der Waals surface area contributed by atoms with Crippen molar-refractivity contribution in [3.8, 4) is 0 Å². The summed E-state index contributed by atoms with van der Waals surface area (Å²) in [5.41, 5.74) is 5.57. The van der Waals surface area contributed by atoms with E-state index in [2.05, 4.69) is 5.16 Å². The summed E-state index contributed by atoms with van der Waals surface area (Å²) in [5, 5.41) is 12.9. The molecular weight excluding hydrogens is 282 g/mol. The highest BCUT2D eigenvalue weighted by Gasteiger charge is 2.40. The minimum atomic E-state index is -4.29. The average Bonchev–Trinajstić information content (AvgIpc) is 2.44. The average molecular weight is 293 g/mol. The first kappa shape index (κ1) is 15.7. The number of benzene rings is 1. The van der Waals surface area contributed by atoms with Gasteiger partial charge in [0.1, 0.15) is 0 Å². The number of carbonyl (C=O) groups excluding carboxylic acids is 1. The molecule has 0 aliphatic heterocycles. The highest BCUT2D eigenvalue weighted by atomic mass is 19.3. The van der Waals surface area contributed by atoms with Crippen LogP contribution in [-0.2, 0) is 0 Å². The van der Waals surface area contributed by atoms with Crippen molar-refractivity contribution in [2.24, 2.45) is 10.9 Å². The van der Waals surface area contributed by atoms with Crippen LogP contribution < -0.4 is 11.1 Å². The van der Waals surface area contributed by atoms with Gasteiger partial charge in [0.05, 0.1) is 6.54 Å². The van der Waals surface area contributed by atoms with Crippen LogP contribution in [0, 0.1) is 0 Å². The number of oxime groups is 1. The lowest BCUT2D eigenvalue weighted by Crippen LogP contribution is -2.41. The third-order valence-corrected chi connectivity index (χ3v) is 2.35. The fourth-order valence-electron chi connectivity index (χ4n) is 1.23. The number of amidine groups is 1. The first-order valence-electron chi connectivity index (χ1n) is 5.30. The second kappa shape index (κ2) is 6.22. The number of halogens is 4. The molecule has 1 rings (SSSR count). The molecule has 0 saturated carbocycles. The Morgan fingerprint density at radius 3 is 2.25 bits per heavy atom. The van der Waals surface area contributed by atoms with Crippen molar-refractivity contribution >= 4 is 11.7 Å². The SMILES string of the molecule is N/C(=N/O)c1ccc(C(=O)NCC(F)(F)C(F)F)cc1. The van der Waals surface area contributed by atoms with Crippen LogP contribution in [0.25, 0.3) is 0 Å². The first-order chi connectivity index (χ1) is 9.27. The van der Waals surface area contributed by atoms with Crippen molar-refractivity contribution in [1.29, 1.82) is 0 Å². The van der Waals surface area contributed by atoms with Gasteiger partial charge in [-0.2, -0.15) is 8.78 Å². The van der Waals surface area contributed by atoms with Gasteiger partial charge in [-0.3, -0.25) is 4.79 Å². The van der Waals surface area contributed by atoms with Gasteiger partial charge in [-0.1, -0.05) is 17.3 Å². The molecule has 0 bridgehead atoms. The maximum absolute atomic E-state index is 12.6. The predicted octanol–water partition coefficient (Wildman–Crippen LogP) is 1.41. The van der Waals surface area contributed by atoms with Crippen LogP contribution in [-0.4, -0.2) is 35.8 Å². The van der Waals surface area contributed by atoms with Gasteiger partial charge in [0.2, 0.25) is 0 Å². The highest BCUT2D eigenvalue weighted by molar-refractivity contribution is 5.99. The molecule has 0 aromatic heterocycles. The summed E-state index contributed by atoms with van der Waals surface area (Å²) in [5.74, 6) is -5.42. The van der Waals surface area contributed by atoms with Crippen molar-refractivity contribution in [3.63, 3.8) is 0 Å². The van der Waals surface area contributed by atoms with Crippen molar-refractivity contribution in [2.75, 3.05) is 6.54 Å². The van der Waals surface area contributed by atoms with Gasteiger partial charge in [-0.15, -0.1) is 0 Å². The van der Waals surface area contributed by atoms with E-state index >= 15 is 0 Å². The number of hydrogen-bond donors (Lipinski definition) is 3. The monoisotopic (exact) mass is 293 g/mol.